The number of hydrogen-bond donors (Lipinski definition) is 10. The predicted molar refractivity (Wildman–Crippen MR) is 184 cm³/mol. The van der Waals surface area contributed by atoms with Crippen LogP contribution < -0.4 is 33.2 Å². The Kier molecular flexibility index (Phi) is 13.0. The lowest BCUT2D eigenvalue weighted by atomic mass is 10.0. The standard InChI is InChI=1S/C31H43N11O6S/c32-20(15-49)26(43)40-23(12-18-14-35-16-38-18)27(44)41-24(11-17-13-37-21-6-2-1-5-19(17)21)29(46)42-10-4-8-25(42)28(45)39-22(30(47)48)7-3-9-36-31(33)34/h1-2,5-6,13-14,16,20,22-25,37,49H,3-4,7-12,15,32H2,(H,35,38)(H,39,45)(H,40,43)(H,41,44)(H,47,48)(H4,33,34,36)/t20-,22-,23-,24-,25-/m0/s1. The number of nitrogens with zero attached hydrogens (tertiary/aromatic N) is 3. The van der Waals surface area contributed by atoms with E-state index >= 15 is 0 Å². The van der Waals surface area contributed by atoms with Gasteiger partial charge in [0, 0.05) is 60.7 Å². The van der Waals surface area contributed by atoms with Crippen LogP contribution in [0.25, 0.3) is 10.9 Å². The Labute approximate surface area is 287 Å². The van der Waals surface area contributed by atoms with E-state index in [-0.39, 0.29) is 44.1 Å². The normalized spacial score (nSPS) is 16.7. The molecule has 1 aliphatic rings. The van der Waals surface area contributed by atoms with Crippen molar-refractivity contribution in [2.75, 3.05) is 18.8 Å². The molecule has 1 aromatic carbocycles. The van der Waals surface area contributed by atoms with Crippen LogP contribution in [0.5, 0.6) is 0 Å². The van der Waals surface area contributed by atoms with Crippen LogP contribution in [0.2, 0.25) is 0 Å². The number of nitrogens with two attached hydrogens (primary N) is 3. The predicted octanol–water partition coefficient (Wildman–Crippen LogP) is -1.48. The van der Waals surface area contributed by atoms with Crippen molar-refractivity contribution in [2.24, 2.45) is 22.2 Å². The molecule has 0 bridgehead atoms. The van der Waals surface area contributed by atoms with Crippen LogP contribution in [-0.4, -0.2) is 110 Å². The highest BCUT2D eigenvalue weighted by atomic mass is 32.1. The third-order valence-corrected chi connectivity index (χ3v) is 8.65. The molecule has 0 radical (unpaired) electrons. The minimum atomic E-state index is -1.23. The SMILES string of the molecule is NC(N)=NCCC[C@H](NC(=O)[C@@H]1CCCN1C(=O)[C@H](Cc1c[nH]c2ccccc12)NC(=O)[C@H](Cc1cnc[nH]1)NC(=O)[C@@H](N)CS)C(=O)O. The van der Waals surface area contributed by atoms with Gasteiger partial charge in [-0.15, -0.1) is 0 Å². The number of nitrogens with one attached hydrogen (secondary N) is 5. The van der Waals surface area contributed by atoms with Gasteiger partial charge in [0.15, 0.2) is 5.96 Å². The number of guanidine groups is 1. The first-order valence-corrected chi connectivity index (χ1v) is 16.5. The number of benzene rings is 1. The molecule has 1 aliphatic heterocycles. The number of aliphatic imine (C=N–C) groups is 1. The van der Waals surface area contributed by atoms with Crippen molar-refractivity contribution in [3.05, 3.63) is 54.2 Å². The number of aliphatic carboxylic acids is 1. The molecule has 12 N–H and O–H groups in total. The first-order valence-electron chi connectivity index (χ1n) is 15.9. The number of hydrogen-bond acceptors (Lipinski definition) is 9. The molecule has 18 heteroatoms. The van der Waals surface area contributed by atoms with Crippen LogP contribution >= 0.6 is 12.6 Å². The number of carbonyl (C=O) groups is 5. The van der Waals surface area contributed by atoms with Crippen molar-refractivity contribution in [3.8, 4) is 0 Å². The minimum Gasteiger partial charge on any atom is -0.480 e. The summed E-state index contributed by atoms with van der Waals surface area (Å²) in [6.07, 6.45) is 5.94. The summed E-state index contributed by atoms with van der Waals surface area (Å²) in [5, 5.41) is 18.6. The number of carbonyl (C=O) groups excluding carboxylic acids is 4. The Hall–Kier alpha value is -5.10. The van der Waals surface area contributed by atoms with Crippen LogP contribution in [0, 0.1) is 0 Å². The van der Waals surface area contributed by atoms with E-state index in [1.807, 2.05) is 24.3 Å². The van der Waals surface area contributed by atoms with Gasteiger partial charge in [0.2, 0.25) is 23.6 Å². The van der Waals surface area contributed by atoms with E-state index < -0.39 is 59.8 Å². The maximum absolute atomic E-state index is 14.3. The molecular formula is C31H43N11O6S. The average molecular weight is 698 g/mol. The summed E-state index contributed by atoms with van der Waals surface area (Å²) >= 11 is 4.08. The molecule has 4 amide bonds. The second-order valence-electron chi connectivity index (χ2n) is 11.8. The van der Waals surface area contributed by atoms with E-state index in [4.69, 9.17) is 17.2 Å². The van der Waals surface area contributed by atoms with Gasteiger partial charge in [-0.2, -0.15) is 12.6 Å². The second kappa shape index (κ2) is 17.3. The molecule has 17 nitrogen and oxygen atoms in total. The van der Waals surface area contributed by atoms with Crippen molar-refractivity contribution >= 4 is 59.1 Å². The van der Waals surface area contributed by atoms with Gasteiger partial charge in [-0.05, 0) is 37.3 Å². The van der Waals surface area contributed by atoms with Crippen LogP contribution in [0.3, 0.4) is 0 Å². The topological polar surface area (TPSA) is 280 Å². The number of carboxylic acids is 1. The summed E-state index contributed by atoms with van der Waals surface area (Å²) in [7, 11) is 0. The molecule has 0 spiro atoms. The lowest BCUT2D eigenvalue weighted by molar-refractivity contribution is -0.145. The summed E-state index contributed by atoms with van der Waals surface area (Å²) in [6, 6.07) is 2.02. The van der Waals surface area contributed by atoms with Crippen LogP contribution in [0.4, 0.5) is 0 Å². The minimum absolute atomic E-state index is 0.0271. The zero-order chi connectivity index (χ0) is 35.5. The van der Waals surface area contributed by atoms with E-state index in [2.05, 4.69) is 48.5 Å². The smallest absolute Gasteiger partial charge is 0.326 e. The zero-order valence-electron chi connectivity index (χ0n) is 26.8. The highest BCUT2D eigenvalue weighted by molar-refractivity contribution is 7.80. The Bertz CT molecular complexity index is 1640. The van der Waals surface area contributed by atoms with E-state index in [1.165, 1.54) is 17.4 Å². The molecule has 49 heavy (non-hydrogen) atoms. The van der Waals surface area contributed by atoms with Gasteiger partial charge < -0.3 is 53.1 Å². The largest absolute Gasteiger partial charge is 0.480 e. The van der Waals surface area contributed by atoms with Gasteiger partial charge in [0.1, 0.15) is 24.2 Å². The number of fused-ring (bicyclic) bond motifs is 1. The molecular weight excluding hydrogens is 654 g/mol. The van der Waals surface area contributed by atoms with E-state index in [0.29, 0.717) is 25.0 Å². The molecule has 1 fully saturated rings. The van der Waals surface area contributed by atoms with Crippen molar-refractivity contribution in [3.63, 3.8) is 0 Å². The lowest BCUT2D eigenvalue weighted by Gasteiger charge is -2.30. The van der Waals surface area contributed by atoms with E-state index in [0.717, 1.165) is 16.5 Å². The summed E-state index contributed by atoms with van der Waals surface area (Å²) in [4.78, 5) is 81.6. The van der Waals surface area contributed by atoms with E-state index in [9.17, 15) is 29.1 Å². The van der Waals surface area contributed by atoms with Gasteiger partial charge in [-0.3, -0.25) is 24.2 Å². The summed E-state index contributed by atoms with van der Waals surface area (Å²) in [5.41, 5.74) is 18.7. The molecule has 0 saturated carbocycles. The average Bonchev–Trinajstić information content (AvgIpc) is 3.86. The number of imidazole rings is 1. The third kappa shape index (κ3) is 9.96. The number of aromatic amines is 2. The van der Waals surface area contributed by atoms with E-state index in [1.54, 1.807) is 6.20 Å². The molecule has 0 unspecified atom stereocenters. The fourth-order valence-corrected chi connectivity index (χ4v) is 5.88. The summed E-state index contributed by atoms with van der Waals surface area (Å²) in [6.45, 7) is 0.401. The second-order valence-corrected chi connectivity index (χ2v) is 12.2. The first kappa shape index (κ1) is 36.7. The van der Waals surface area contributed by atoms with Gasteiger partial charge in [-0.1, -0.05) is 18.2 Å². The molecule has 3 heterocycles. The molecule has 4 rings (SSSR count). The highest BCUT2D eigenvalue weighted by Crippen LogP contribution is 2.23. The number of carboxylic acid groups (broad SMARTS) is 1. The molecule has 264 valence electrons. The maximum Gasteiger partial charge on any atom is 0.326 e. The zero-order valence-corrected chi connectivity index (χ0v) is 27.7. The van der Waals surface area contributed by atoms with Crippen LogP contribution in [0.15, 0.2) is 48.0 Å². The van der Waals surface area contributed by atoms with Crippen molar-refractivity contribution in [2.45, 2.75) is 68.7 Å². The lowest BCUT2D eigenvalue weighted by Crippen LogP contribution is -2.59. The number of rotatable bonds is 17. The van der Waals surface area contributed by atoms with Crippen LogP contribution in [-0.2, 0) is 36.8 Å². The van der Waals surface area contributed by atoms with Gasteiger partial charge in [-0.25, -0.2) is 9.78 Å². The van der Waals surface area contributed by atoms with Gasteiger partial charge >= 0.3 is 5.97 Å². The number of amides is 4. The molecule has 3 aromatic rings. The Morgan fingerprint density at radius 1 is 1.04 bits per heavy atom. The van der Waals surface area contributed by atoms with Crippen molar-refractivity contribution in [1.29, 1.82) is 0 Å². The maximum atomic E-state index is 14.3. The van der Waals surface area contributed by atoms with Crippen molar-refractivity contribution < 1.29 is 29.1 Å². The number of likely N-dealkylation sites (tertiary alicyclic amines) is 1. The Morgan fingerprint density at radius 3 is 2.49 bits per heavy atom. The highest BCUT2D eigenvalue weighted by Gasteiger charge is 2.40. The molecule has 5 atom stereocenters. The first-order chi connectivity index (χ1) is 23.5. The number of para-hydroxylation sites is 1. The van der Waals surface area contributed by atoms with Gasteiger partial charge in [0.25, 0.3) is 0 Å². The Morgan fingerprint density at radius 2 is 1.80 bits per heavy atom. The Balaban J connectivity index is 1.57. The quantitative estimate of drug-likeness (QED) is 0.0338. The summed E-state index contributed by atoms with van der Waals surface area (Å²) in [5.74, 6) is -3.72. The third-order valence-electron chi connectivity index (χ3n) is 8.26. The number of aromatic nitrogens is 3. The monoisotopic (exact) mass is 697 g/mol. The van der Waals surface area contributed by atoms with Gasteiger partial charge in [0.05, 0.1) is 12.4 Å². The number of H-pyrrole nitrogens is 2. The fraction of sp³-hybridized carbons (Fsp3) is 0.452. The molecule has 2 aromatic heterocycles. The van der Waals surface area contributed by atoms with Crippen molar-refractivity contribution in [1.82, 2.24) is 35.8 Å². The van der Waals surface area contributed by atoms with Crippen LogP contribution in [0.1, 0.15) is 36.9 Å². The molecule has 1 saturated heterocycles. The molecule has 0 aliphatic carbocycles. The number of thiol groups is 1. The fourth-order valence-electron chi connectivity index (χ4n) is 5.71. The summed E-state index contributed by atoms with van der Waals surface area (Å²) < 4.78 is 0.